The number of halogens is 1. The average molecular weight is 333 g/mol. The molecule has 2 nitrogen and oxygen atoms in total. The fourth-order valence-corrected chi connectivity index (χ4v) is 3.40. The lowest BCUT2D eigenvalue weighted by atomic mass is 10.1. The first-order chi connectivity index (χ1) is 11.8. The van der Waals surface area contributed by atoms with Crippen LogP contribution in [0.5, 0.6) is 0 Å². The van der Waals surface area contributed by atoms with Gasteiger partial charge in [0, 0.05) is 39.6 Å². The van der Waals surface area contributed by atoms with Crippen LogP contribution in [-0.4, -0.2) is 10.8 Å². The minimum Gasteiger partial charge on any atom is -0.341 e. The maximum absolute atomic E-state index is 6.02. The average Bonchev–Trinajstić information content (AvgIpc) is 2.93. The number of nitrogens with zero attached hydrogens (tertiary/aromatic N) is 2. The lowest BCUT2D eigenvalue weighted by Gasteiger charge is -2.02. The minimum atomic E-state index is 0.723. The number of rotatable bonds is 3. The standard InChI is InChI=1S/C21H17ClN2/c1-2-24-20-9-4-3-8-18(20)19-13-17(10-11-21(19)24)23-14-15-6-5-7-16(22)12-15/h3-14H,2H2,1H3. The van der Waals surface area contributed by atoms with Crippen molar-refractivity contribution in [3.8, 4) is 0 Å². The molecule has 0 saturated carbocycles. The van der Waals surface area contributed by atoms with E-state index >= 15 is 0 Å². The normalized spacial score (nSPS) is 11.8. The van der Waals surface area contributed by atoms with Crippen molar-refractivity contribution >= 4 is 45.3 Å². The largest absolute Gasteiger partial charge is 0.341 e. The van der Waals surface area contributed by atoms with Gasteiger partial charge in [-0.25, -0.2) is 0 Å². The number of aryl methyl sites for hydroxylation is 1. The van der Waals surface area contributed by atoms with Gasteiger partial charge in [-0.15, -0.1) is 0 Å². The van der Waals surface area contributed by atoms with Crippen LogP contribution < -0.4 is 0 Å². The van der Waals surface area contributed by atoms with Crippen LogP contribution in [0.3, 0.4) is 0 Å². The van der Waals surface area contributed by atoms with Crippen LogP contribution in [0.2, 0.25) is 5.02 Å². The minimum absolute atomic E-state index is 0.723. The summed E-state index contributed by atoms with van der Waals surface area (Å²) in [5, 5.41) is 3.24. The molecule has 0 bridgehead atoms. The Morgan fingerprint density at radius 2 is 1.75 bits per heavy atom. The van der Waals surface area contributed by atoms with Gasteiger partial charge in [-0.1, -0.05) is 41.9 Å². The Morgan fingerprint density at radius 1 is 0.917 bits per heavy atom. The highest BCUT2D eigenvalue weighted by Gasteiger charge is 2.09. The Hall–Kier alpha value is -2.58. The van der Waals surface area contributed by atoms with Crippen LogP contribution >= 0.6 is 11.6 Å². The molecule has 4 aromatic rings. The summed E-state index contributed by atoms with van der Waals surface area (Å²) in [6, 6.07) is 22.6. The molecule has 0 fully saturated rings. The van der Waals surface area contributed by atoms with Crippen molar-refractivity contribution in [3.05, 3.63) is 77.3 Å². The second kappa shape index (κ2) is 6.14. The van der Waals surface area contributed by atoms with E-state index in [1.54, 1.807) is 0 Å². The molecule has 0 aliphatic carbocycles. The molecule has 3 heteroatoms. The highest BCUT2D eigenvalue weighted by atomic mass is 35.5. The zero-order chi connectivity index (χ0) is 16.5. The number of aromatic nitrogens is 1. The molecule has 0 unspecified atom stereocenters. The van der Waals surface area contributed by atoms with Crippen molar-refractivity contribution in [1.82, 2.24) is 4.57 Å². The molecule has 0 aliphatic heterocycles. The van der Waals surface area contributed by atoms with Gasteiger partial charge in [0.1, 0.15) is 0 Å². The Balaban J connectivity index is 1.82. The predicted octanol–water partition coefficient (Wildman–Crippen LogP) is 6.22. The molecule has 0 spiro atoms. The third kappa shape index (κ3) is 2.59. The van der Waals surface area contributed by atoms with E-state index in [9.17, 15) is 0 Å². The van der Waals surface area contributed by atoms with Gasteiger partial charge in [-0.2, -0.15) is 0 Å². The zero-order valence-electron chi connectivity index (χ0n) is 13.4. The smallest absolute Gasteiger partial charge is 0.0637 e. The van der Waals surface area contributed by atoms with Crippen molar-refractivity contribution < 1.29 is 0 Å². The predicted molar refractivity (Wildman–Crippen MR) is 104 cm³/mol. The molecule has 0 saturated heterocycles. The van der Waals surface area contributed by atoms with Crippen LogP contribution in [0.15, 0.2) is 71.7 Å². The van der Waals surface area contributed by atoms with Gasteiger partial charge >= 0.3 is 0 Å². The second-order valence-electron chi connectivity index (χ2n) is 5.78. The molecule has 1 heterocycles. The van der Waals surface area contributed by atoms with E-state index in [0.717, 1.165) is 22.8 Å². The Bertz CT molecular complexity index is 1060. The molecular formula is C21H17ClN2. The monoisotopic (exact) mass is 332 g/mol. The van der Waals surface area contributed by atoms with E-state index < -0.39 is 0 Å². The van der Waals surface area contributed by atoms with Gasteiger partial charge in [-0.3, -0.25) is 4.99 Å². The molecule has 3 aromatic carbocycles. The molecule has 0 N–H and O–H groups in total. The Morgan fingerprint density at radius 3 is 2.58 bits per heavy atom. The molecule has 4 rings (SSSR count). The van der Waals surface area contributed by atoms with Crippen molar-refractivity contribution in [3.63, 3.8) is 0 Å². The molecule has 1 aromatic heterocycles. The maximum atomic E-state index is 6.02. The van der Waals surface area contributed by atoms with E-state index in [1.165, 1.54) is 21.8 Å². The molecule has 0 amide bonds. The van der Waals surface area contributed by atoms with Crippen LogP contribution in [0, 0.1) is 0 Å². The van der Waals surface area contributed by atoms with Gasteiger partial charge in [-0.05, 0) is 48.9 Å². The maximum Gasteiger partial charge on any atom is 0.0637 e. The van der Waals surface area contributed by atoms with Crippen LogP contribution in [0.4, 0.5) is 5.69 Å². The summed E-state index contributed by atoms with van der Waals surface area (Å²) < 4.78 is 2.34. The number of para-hydroxylation sites is 1. The van der Waals surface area contributed by atoms with Crippen molar-refractivity contribution in [2.45, 2.75) is 13.5 Å². The molecule has 118 valence electrons. The highest BCUT2D eigenvalue weighted by molar-refractivity contribution is 6.30. The topological polar surface area (TPSA) is 17.3 Å². The third-order valence-electron chi connectivity index (χ3n) is 4.28. The zero-order valence-corrected chi connectivity index (χ0v) is 14.2. The van der Waals surface area contributed by atoms with Crippen molar-refractivity contribution in [1.29, 1.82) is 0 Å². The van der Waals surface area contributed by atoms with Gasteiger partial charge in [0.05, 0.1) is 5.69 Å². The van der Waals surface area contributed by atoms with Gasteiger partial charge in [0.2, 0.25) is 0 Å². The number of hydrogen-bond donors (Lipinski definition) is 0. The van der Waals surface area contributed by atoms with Crippen LogP contribution in [0.25, 0.3) is 21.8 Å². The Kier molecular flexibility index (Phi) is 3.83. The van der Waals surface area contributed by atoms with Crippen LogP contribution in [0.1, 0.15) is 12.5 Å². The van der Waals surface area contributed by atoms with Gasteiger partial charge < -0.3 is 4.57 Å². The first-order valence-electron chi connectivity index (χ1n) is 8.07. The fourth-order valence-electron chi connectivity index (χ4n) is 3.20. The molecule has 0 atom stereocenters. The molecular weight excluding hydrogens is 316 g/mol. The lowest BCUT2D eigenvalue weighted by molar-refractivity contribution is 0.827. The third-order valence-corrected chi connectivity index (χ3v) is 4.52. The first kappa shape index (κ1) is 15.0. The summed E-state index contributed by atoms with van der Waals surface area (Å²) in [7, 11) is 0. The Labute approximate surface area is 146 Å². The van der Waals surface area contributed by atoms with E-state index in [4.69, 9.17) is 11.6 Å². The van der Waals surface area contributed by atoms with E-state index in [2.05, 4.69) is 58.9 Å². The summed E-state index contributed by atoms with van der Waals surface area (Å²) in [6.07, 6.45) is 1.85. The van der Waals surface area contributed by atoms with Gasteiger partial charge in [0.15, 0.2) is 0 Å². The molecule has 0 aliphatic rings. The summed E-state index contributed by atoms with van der Waals surface area (Å²) in [5.41, 5.74) is 4.46. The number of benzene rings is 3. The lowest BCUT2D eigenvalue weighted by Crippen LogP contribution is -1.92. The second-order valence-corrected chi connectivity index (χ2v) is 6.21. The molecule has 0 radical (unpaired) electrons. The van der Waals surface area contributed by atoms with Crippen molar-refractivity contribution in [2.24, 2.45) is 4.99 Å². The summed E-state index contributed by atoms with van der Waals surface area (Å²) in [5.74, 6) is 0. The fraction of sp³-hybridized carbons (Fsp3) is 0.0952. The summed E-state index contributed by atoms with van der Waals surface area (Å²) >= 11 is 6.02. The SMILES string of the molecule is CCn1c2ccccc2c2cc(N=Cc3cccc(Cl)c3)ccc21. The first-order valence-corrected chi connectivity index (χ1v) is 8.44. The van der Waals surface area contributed by atoms with E-state index in [-0.39, 0.29) is 0 Å². The van der Waals surface area contributed by atoms with E-state index in [0.29, 0.717) is 0 Å². The molecule has 24 heavy (non-hydrogen) atoms. The van der Waals surface area contributed by atoms with E-state index in [1.807, 2.05) is 30.5 Å². The number of fused-ring (bicyclic) bond motifs is 3. The quantitative estimate of drug-likeness (QED) is 0.396. The van der Waals surface area contributed by atoms with Crippen molar-refractivity contribution in [2.75, 3.05) is 0 Å². The summed E-state index contributed by atoms with van der Waals surface area (Å²) in [6.45, 7) is 3.13. The highest BCUT2D eigenvalue weighted by Crippen LogP contribution is 2.31. The number of aliphatic imine (C=N–C) groups is 1. The van der Waals surface area contributed by atoms with Gasteiger partial charge in [0.25, 0.3) is 0 Å². The van der Waals surface area contributed by atoms with Crippen LogP contribution in [-0.2, 0) is 6.54 Å². The summed E-state index contributed by atoms with van der Waals surface area (Å²) in [4.78, 5) is 4.62. The number of hydrogen-bond acceptors (Lipinski definition) is 1.